The summed E-state index contributed by atoms with van der Waals surface area (Å²) in [6.07, 6.45) is 1.24. The van der Waals surface area contributed by atoms with Crippen molar-refractivity contribution in [3.05, 3.63) is 29.8 Å². The first kappa shape index (κ1) is 12.7. The van der Waals surface area contributed by atoms with Crippen LogP contribution in [0.4, 0.5) is 0 Å². The van der Waals surface area contributed by atoms with Gasteiger partial charge in [-0.25, -0.2) is 8.42 Å². The minimum atomic E-state index is -3.19. The molecule has 5 heteroatoms. The Bertz CT molecular complexity index is 398. The molecule has 80 valence electrons. The van der Waals surface area contributed by atoms with Gasteiger partial charge in [0.15, 0.2) is 0 Å². The van der Waals surface area contributed by atoms with Crippen LogP contribution in [0.25, 0.3) is 0 Å². The molecule has 15 heavy (non-hydrogen) atoms. The van der Waals surface area contributed by atoms with Gasteiger partial charge in [0.1, 0.15) is 0 Å². The van der Waals surface area contributed by atoms with E-state index in [0.717, 1.165) is 22.8 Å². The standard InChI is InChI=1S/C10H13BO2S2/c1-9-3-5-10(6-4-9)15(12,13)14-8-2-7-11/h3-6H,2,7-8H2,1H3. The number of benzene rings is 1. The second kappa shape index (κ2) is 5.61. The Hall–Kier alpha value is -0.415. The third-order valence-corrected chi connectivity index (χ3v) is 5.52. The molecule has 1 aromatic rings. The Kier molecular flexibility index (Phi) is 4.73. The van der Waals surface area contributed by atoms with Gasteiger partial charge in [-0.05, 0) is 29.9 Å². The molecule has 1 aromatic carbocycles. The molecule has 0 aliphatic rings. The van der Waals surface area contributed by atoms with Gasteiger partial charge in [-0.3, -0.25) is 0 Å². The molecule has 0 N–H and O–H groups in total. The van der Waals surface area contributed by atoms with Gasteiger partial charge in [0.05, 0.1) is 12.7 Å². The number of hydrogen-bond acceptors (Lipinski definition) is 3. The minimum absolute atomic E-state index is 0.370. The summed E-state index contributed by atoms with van der Waals surface area (Å²) < 4.78 is 23.5. The smallest absolute Gasteiger partial charge is 0.212 e. The summed E-state index contributed by atoms with van der Waals surface area (Å²) >= 11 is 0. The molecule has 2 radical (unpaired) electrons. The van der Waals surface area contributed by atoms with Crippen molar-refractivity contribution < 1.29 is 8.42 Å². The molecule has 0 saturated heterocycles. The highest BCUT2D eigenvalue weighted by molar-refractivity contribution is 8.72. The lowest BCUT2D eigenvalue weighted by atomic mass is 10.0. The van der Waals surface area contributed by atoms with Gasteiger partial charge in [0, 0.05) is 5.75 Å². The first-order chi connectivity index (χ1) is 7.06. The van der Waals surface area contributed by atoms with Gasteiger partial charge < -0.3 is 0 Å². The first-order valence-electron chi connectivity index (χ1n) is 4.72. The maximum Gasteiger partial charge on any atom is 0.229 e. The van der Waals surface area contributed by atoms with E-state index < -0.39 is 8.87 Å². The quantitative estimate of drug-likeness (QED) is 0.450. The van der Waals surface area contributed by atoms with Crippen molar-refractivity contribution >= 4 is 27.5 Å². The van der Waals surface area contributed by atoms with Gasteiger partial charge in [0.25, 0.3) is 0 Å². The van der Waals surface area contributed by atoms with Gasteiger partial charge in [-0.2, -0.15) is 0 Å². The van der Waals surface area contributed by atoms with Crippen LogP contribution in [0.1, 0.15) is 12.0 Å². The minimum Gasteiger partial charge on any atom is -0.212 e. The molecule has 0 unspecified atom stereocenters. The Morgan fingerprint density at radius 3 is 2.40 bits per heavy atom. The van der Waals surface area contributed by atoms with Crippen molar-refractivity contribution in [2.24, 2.45) is 0 Å². The van der Waals surface area contributed by atoms with Crippen molar-refractivity contribution in [1.82, 2.24) is 0 Å². The predicted octanol–water partition coefficient (Wildman–Crippen LogP) is 2.39. The molecule has 0 amide bonds. The molecule has 0 saturated carbocycles. The lowest BCUT2D eigenvalue weighted by molar-refractivity contribution is 0.610. The summed E-state index contributed by atoms with van der Waals surface area (Å²) in [5.74, 6) is 0.548. The fourth-order valence-electron chi connectivity index (χ4n) is 1.02. The van der Waals surface area contributed by atoms with Crippen LogP contribution in [-0.4, -0.2) is 22.0 Å². The highest BCUT2D eigenvalue weighted by Crippen LogP contribution is 2.24. The number of aryl methyl sites for hydroxylation is 1. The first-order valence-corrected chi connectivity index (χ1v) is 7.71. The summed E-state index contributed by atoms with van der Waals surface area (Å²) in [5.41, 5.74) is 1.06. The second-order valence-corrected chi connectivity index (χ2v) is 7.28. The van der Waals surface area contributed by atoms with Crippen LogP contribution in [0, 0.1) is 6.92 Å². The van der Waals surface area contributed by atoms with E-state index in [1.807, 2.05) is 6.92 Å². The van der Waals surface area contributed by atoms with Crippen LogP contribution >= 0.6 is 10.8 Å². The predicted molar refractivity (Wildman–Crippen MR) is 66.0 cm³/mol. The van der Waals surface area contributed by atoms with Gasteiger partial charge >= 0.3 is 0 Å². The lowest BCUT2D eigenvalue weighted by Crippen LogP contribution is -1.96. The molecule has 0 atom stereocenters. The summed E-state index contributed by atoms with van der Waals surface area (Å²) in [6.45, 7) is 1.93. The van der Waals surface area contributed by atoms with E-state index in [0.29, 0.717) is 17.0 Å². The Morgan fingerprint density at radius 1 is 1.27 bits per heavy atom. The Labute approximate surface area is 96.2 Å². The lowest BCUT2D eigenvalue weighted by Gasteiger charge is -2.03. The summed E-state index contributed by atoms with van der Waals surface area (Å²) in [5, 5.41) is 0. The maximum atomic E-state index is 11.7. The molecule has 1 rings (SSSR count). The van der Waals surface area contributed by atoms with Crippen molar-refractivity contribution in [3.8, 4) is 0 Å². The summed E-state index contributed by atoms with van der Waals surface area (Å²) in [4.78, 5) is 0.370. The van der Waals surface area contributed by atoms with E-state index in [4.69, 9.17) is 7.85 Å². The summed E-state index contributed by atoms with van der Waals surface area (Å²) in [6, 6.07) is 6.88. The zero-order valence-corrected chi connectivity index (χ0v) is 10.3. The topological polar surface area (TPSA) is 34.1 Å². The molecule has 0 fully saturated rings. The zero-order valence-electron chi connectivity index (χ0n) is 8.64. The molecular formula is C10H13BO2S2. The van der Waals surface area contributed by atoms with Gasteiger partial charge in [-0.1, -0.05) is 30.4 Å². The van der Waals surface area contributed by atoms with Crippen LogP contribution in [-0.2, 0) is 8.87 Å². The van der Waals surface area contributed by atoms with Crippen LogP contribution in [0.2, 0.25) is 6.32 Å². The normalized spacial score (nSPS) is 11.5. The van der Waals surface area contributed by atoms with Crippen LogP contribution in [0.3, 0.4) is 0 Å². The van der Waals surface area contributed by atoms with Crippen molar-refractivity contribution in [2.75, 3.05) is 5.75 Å². The van der Waals surface area contributed by atoms with Crippen LogP contribution < -0.4 is 0 Å². The van der Waals surface area contributed by atoms with E-state index >= 15 is 0 Å². The fourth-order valence-corrected chi connectivity index (χ4v) is 3.89. The summed E-state index contributed by atoms with van der Waals surface area (Å²) in [7, 11) is 3.07. The molecule has 0 aliphatic carbocycles. The van der Waals surface area contributed by atoms with E-state index in [-0.39, 0.29) is 0 Å². The fraction of sp³-hybridized carbons (Fsp3) is 0.400. The number of rotatable bonds is 5. The average Bonchev–Trinajstić information content (AvgIpc) is 2.18. The number of hydrogen-bond donors (Lipinski definition) is 0. The highest BCUT2D eigenvalue weighted by atomic mass is 33.1. The third-order valence-electron chi connectivity index (χ3n) is 1.90. The largest absolute Gasteiger partial charge is 0.229 e. The highest BCUT2D eigenvalue weighted by Gasteiger charge is 2.13. The van der Waals surface area contributed by atoms with E-state index in [1.165, 1.54) is 0 Å². The molecule has 0 heterocycles. The SMILES string of the molecule is [B]CCCSS(=O)(=O)c1ccc(C)cc1. The molecule has 0 bridgehead atoms. The zero-order chi connectivity index (χ0) is 11.3. The van der Waals surface area contributed by atoms with Crippen molar-refractivity contribution in [2.45, 2.75) is 24.6 Å². The molecule has 0 aromatic heterocycles. The Balaban J connectivity index is 2.73. The van der Waals surface area contributed by atoms with E-state index in [1.54, 1.807) is 24.3 Å². The van der Waals surface area contributed by atoms with Crippen molar-refractivity contribution in [1.29, 1.82) is 0 Å². The Morgan fingerprint density at radius 2 is 1.87 bits per heavy atom. The molecule has 2 nitrogen and oxygen atoms in total. The van der Waals surface area contributed by atoms with E-state index in [9.17, 15) is 8.42 Å². The monoisotopic (exact) mass is 240 g/mol. The van der Waals surface area contributed by atoms with Gasteiger partial charge in [-0.15, -0.1) is 0 Å². The van der Waals surface area contributed by atoms with Crippen LogP contribution in [0.5, 0.6) is 0 Å². The van der Waals surface area contributed by atoms with E-state index in [2.05, 4.69) is 0 Å². The molecule has 0 aliphatic heterocycles. The average molecular weight is 240 g/mol. The van der Waals surface area contributed by atoms with Gasteiger partial charge in [0.2, 0.25) is 8.87 Å². The van der Waals surface area contributed by atoms with Crippen LogP contribution in [0.15, 0.2) is 29.2 Å². The molecular weight excluding hydrogens is 227 g/mol. The second-order valence-electron chi connectivity index (χ2n) is 3.23. The molecule has 0 spiro atoms. The maximum absolute atomic E-state index is 11.7. The van der Waals surface area contributed by atoms with Crippen molar-refractivity contribution in [3.63, 3.8) is 0 Å². The third kappa shape index (κ3) is 3.91.